The van der Waals surface area contributed by atoms with Crippen molar-refractivity contribution >= 4 is 29.4 Å². The first-order valence-corrected chi connectivity index (χ1v) is 8.23. The summed E-state index contributed by atoms with van der Waals surface area (Å²) in [5.41, 5.74) is -0.489. The third kappa shape index (κ3) is 3.88. The molecule has 0 unspecified atom stereocenters. The number of nitro benzene ring substituents is 2. The minimum atomic E-state index is -0.983. The number of carbonyl (C=O) groups is 2. The van der Waals surface area contributed by atoms with E-state index in [-0.39, 0.29) is 17.8 Å². The zero-order chi connectivity index (χ0) is 21.3. The molecule has 3 rings (SSSR count). The van der Waals surface area contributed by atoms with E-state index in [1.807, 2.05) is 13.0 Å². The standard InChI is InChI=1S/C18H14N4O7/c1-10-3-2-4-11(5-10)9-20-17(24)14(19-18(20)25)7-12-6-13(21(26)27)8-15(16(12)23)22(28)29/h2-8,23H,9H2,1H3,(H,19,25)/b14-7+. The Morgan fingerprint density at radius 1 is 1.14 bits per heavy atom. The third-order valence-electron chi connectivity index (χ3n) is 4.20. The highest BCUT2D eigenvalue weighted by Gasteiger charge is 2.34. The average Bonchev–Trinajstić information content (AvgIpc) is 2.90. The van der Waals surface area contributed by atoms with Crippen LogP contribution in [0.3, 0.4) is 0 Å². The van der Waals surface area contributed by atoms with Gasteiger partial charge >= 0.3 is 11.7 Å². The van der Waals surface area contributed by atoms with Gasteiger partial charge in [-0.05, 0) is 18.6 Å². The molecule has 0 saturated carbocycles. The number of amides is 3. The Kier molecular flexibility index (Phi) is 4.96. The van der Waals surface area contributed by atoms with Crippen molar-refractivity contribution in [3.05, 3.63) is 79.0 Å². The van der Waals surface area contributed by atoms with Crippen LogP contribution < -0.4 is 5.32 Å². The van der Waals surface area contributed by atoms with Gasteiger partial charge in [0, 0.05) is 11.6 Å². The van der Waals surface area contributed by atoms with Crippen molar-refractivity contribution < 1.29 is 24.5 Å². The third-order valence-corrected chi connectivity index (χ3v) is 4.20. The van der Waals surface area contributed by atoms with Gasteiger partial charge in [-0.1, -0.05) is 29.8 Å². The molecule has 2 N–H and O–H groups in total. The lowest BCUT2D eigenvalue weighted by Gasteiger charge is -2.12. The largest absolute Gasteiger partial charge is 0.502 e. The molecular weight excluding hydrogens is 384 g/mol. The minimum Gasteiger partial charge on any atom is -0.502 e. The smallest absolute Gasteiger partial charge is 0.329 e. The molecule has 0 atom stereocenters. The van der Waals surface area contributed by atoms with E-state index in [0.717, 1.165) is 22.6 Å². The molecule has 29 heavy (non-hydrogen) atoms. The summed E-state index contributed by atoms with van der Waals surface area (Å²) in [4.78, 5) is 45.9. The Morgan fingerprint density at radius 3 is 2.48 bits per heavy atom. The van der Waals surface area contributed by atoms with Crippen molar-refractivity contribution in [2.75, 3.05) is 0 Å². The molecule has 0 aliphatic carbocycles. The Labute approximate surface area is 163 Å². The van der Waals surface area contributed by atoms with Crippen molar-refractivity contribution in [2.24, 2.45) is 0 Å². The van der Waals surface area contributed by atoms with Crippen molar-refractivity contribution in [2.45, 2.75) is 13.5 Å². The molecular formula is C18H14N4O7. The number of nitro groups is 2. The lowest BCUT2D eigenvalue weighted by Crippen LogP contribution is -2.30. The van der Waals surface area contributed by atoms with Gasteiger partial charge in [-0.25, -0.2) is 4.79 Å². The predicted octanol–water partition coefficient (Wildman–Crippen LogP) is 2.61. The summed E-state index contributed by atoms with van der Waals surface area (Å²) in [6.45, 7) is 1.85. The summed E-state index contributed by atoms with van der Waals surface area (Å²) >= 11 is 0. The molecule has 1 fully saturated rings. The van der Waals surface area contributed by atoms with E-state index >= 15 is 0 Å². The first-order valence-electron chi connectivity index (χ1n) is 8.23. The van der Waals surface area contributed by atoms with Gasteiger partial charge in [0.05, 0.1) is 22.5 Å². The molecule has 0 bridgehead atoms. The van der Waals surface area contributed by atoms with Gasteiger partial charge in [0.2, 0.25) is 5.75 Å². The highest BCUT2D eigenvalue weighted by molar-refractivity contribution is 6.14. The Bertz CT molecular complexity index is 1090. The summed E-state index contributed by atoms with van der Waals surface area (Å²) < 4.78 is 0. The normalized spacial score (nSPS) is 14.9. The second kappa shape index (κ2) is 7.38. The fraction of sp³-hybridized carbons (Fsp3) is 0.111. The molecule has 1 aliphatic rings. The van der Waals surface area contributed by atoms with Crippen LogP contribution in [0.2, 0.25) is 0 Å². The van der Waals surface area contributed by atoms with Crippen LogP contribution in [-0.4, -0.2) is 31.8 Å². The van der Waals surface area contributed by atoms with Crippen molar-refractivity contribution in [3.63, 3.8) is 0 Å². The van der Waals surface area contributed by atoms with Crippen LogP contribution in [0.4, 0.5) is 16.2 Å². The minimum absolute atomic E-state index is 0.00917. The molecule has 0 radical (unpaired) electrons. The summed E-state index contributed by atoms with van der Waals surface area (Å²) in [6, 6.07) is 7.94. The number of nitrogens with one attached hydrogen (secondary N) is 1. The van der Waals surface area contributed by atoms with E-state index in [1.54, 1.807) is 18.2 Å². The van der Waals surface area contributed by atoms with Crippen LogP contribution in [0.15, 0.2) is 42.1 Å². The fourth-order valence-corrected chi connectivity index (χ4v) is 2.84. The van der Waals surface area contributed by atoms with Crippen LogP contribution in [0.1, 0.15) is 16.7 Å². The second-order valence-corrected chi connectivity index (χ2v) is 6.29. The van der Waals surface area contributed by atoms with Gasteiger partial charge in [-0.3, -0.25) is 29.9 Å². The lowest BCUT2D eigenvalue weighted by atomic mass is 10.1. The number of urea groups is 1. The molecule has 0 aromatic heterocycles. The van der Waals surface area contributed by atoms with Crippen LogP contribution in [-0.2, 0) is 11.3 Å². The Hall–Kier alpha value is -4.28. The SMILES string of the molecule is Cc1cccc(CN2C(=O)N/C(=C/c3cc([N+](=O)[O-])cc([N+](=O)[O-])c3O)C2=O)c1. The Balaban J connectivity index is 1.97. The second-order valence-electron chi connectivity index (χ2n) is 6.29. The van der Waals surface area contributed by atoms with Gasteiger partial charge < -0.3 is 10.4 Å². The topological polar surface area (TPSA) is 156 Å². The number of phenolic OH excluding ortho intramolecular Hbond substituents is 1. The predicted molar refractivity (Wildman–Crippen MR) is 99.7 cm³/mol. The number of imide groups is 1. The van der Waals surface area contributed by atoms with E-state index in [9.17, 15) is 34.9 Å². The van der Waals surface area contributed by atoms with Crippen LogP contribution in [0.25, 0.3) is 6.08 Å². The van der Waals surface area contributed by atoms with Crippen LogP contribution in [0.5, 0.6) is 5.75 Å². The van der Waals surface area contributed by atoms with E-state index in [4.69, 9.17) is 0 Å². The molecule has 1 heterocycles. The fourth-order valence-electron chi connectivity index (χ4n) is 2.84. The highest BCUT2D eigenvalue weighted by atomic mass is 16.6. The average molecular weight is 398 g/mol. The lowest BCUT2D eigenvalue weighted by molar-refractivity contribution is -0.394. The summed E-state index contributed by atoms with van der Waals surface area (Å²) in [5, 5.41) is 34.4. The molecule has 11 nitrogen and oxygen atoms in total. The van der Waals surface area contributed by atoms with Gasteiger partial charge in [-0.2, -0.15) is 0 Å². The number of aromatic hydroxyl groups is 1. The number of hydrogen-bond donors (Lipinski definition) is 2. The van der Waals surface area contributed by atoms with Crippen molar-refractivity contribution in [1.29, 1.82) is 0 Å². The number of benzene rings is 2. The zero-order valence-corrected chi connectivity index (χ0v) is 15.0. The molecule has 148 valence electrons. The summed E-state index contributed by atoms with van der Waals surface area (Å²) in [6.07, 6.45) is 0.964. The molecule has 0 spiro atoms. The number of hydrogen-bond acceptors (Lipinski definition) is 7. The monoisotopic (exact) mass is 398 g/mol. The molecule has 2 aromatic rings. The molecule has 1 aliphatic heterocycles. The maximum atomic E-state index is 12.6. The Morgan fingerprint density at radius 2 is 1.86 bits per heavy atom. The van der Waals surface area contributed by atoms with Gasteiger partial charge in [0.1, 0.15) is 5.70 Å². The number of phenols is 1. The number of non-ortho nitro benzene ring substituents is 1. The maximum Gasteiger partial charge on any atom is 0.329 e. The quantitative estimate of drug-likeness (QED) is 0.339. The summed E-state index contributed by atoms with van der Waals surface area (Å²) in [5.74, 6) is -1.59. The van der Waals surface area contributed by atoms with Crippen molar-refractivity contribution in [1.82, 2.24) is 10.2 Å². The molecule has 2 aromatic carbocycles. The number of aryl methyl sites for hydroxylation is 1. The van der Waals surface area contributed by atoms with Crippen molar-refractivity contribution in [3.8, 4) is 5.75 Å². The van der Waals surface area contributed by atoms with E-state index in [0.29, 0.717) is 11.6 Å². The van der Waals surface area contributed by atoms with E-state index in [2.05, 4.69) is 5.32 Å². The van der Waals surface area contributed by atoms with E-state index in [1.165, 1.54) is 0 Å². The van der Waals surface area contributed by atoms with Gasteiger partial charge in [-0.15, -0.1) is 0 Å². The number of nitrogens with zero attached hydrogens (tertiary/aromatic N) is 3. The maximum absolute atomic E-state index is 12.6. The van der Waals surface area contributed by atoms with Crippen LogP contribution in [0, 0.1) is 27.2 Å². The molecule has 3 amide bonds. The van der Waals surface area contributed by atoms with Gasteiger partial charge in [0.25, 0.3) is 11.6 Å². The molecule has 11 heteroatoms. The first-order chi connectivity index (χ1) is 13.7. The van der Waals surface area contributed by atoms with E-state index < -0.39 is 38.9 Å². The number of carbonyl (C=O) groups excluding carboxylic acids is 2. The number of rotatable bonds is 5. The zero-order valence-electron chi connectivity index (χ0n) is 15.0. The van der Waals surface area contributed by atoms with Crippen LogP contribution >= 0.6 is 0 Å². The summed E-state index contributed by atoms with van der Waals surface area (Å²) in [7, 11) is 0. The molecule has 1 saturated heterocycles. The van der Waals surface area contributed by atoms with Gasteiger partial charge in [0.15, 0.2) is 0 Å². The first kappa shape index (κ1) is 19.5. The highest BCUT2D eigenvalue weighted by Crippen LogP contribution is 2.35.